The molecule has 0 aliphatic carbocycles. The highest BCUT2D eigenvalue weighted by atomic mass is 32.2. The Bertz CT molecular complexity index is 612. The molecule has 0 fully saturated rings. The molecule has 0 amide bonds. The van der Waals surface area contributed by atoms with Gasteiger partial charge in [-0.2, -0.15) is 4.31 Å². The molecule has 0 saturated heterocycles. The number of sulfonamides is 1. The molecular weight excluding hydrogens is 274 g/mol. The fourth-order valence-corrected chi connectivity index (χ4v) is 3.61. The third-order valence-corrected chi connectivity index (χ3v) is 4.91. The van der Waals surface area contributed by atoms with Gasteiger partial charge in [-0.25, -0.2) is 8.42 Å². The van der Waals surface area contributed by atoms with Crippen LogP contribution in [0.25, 0.3) is 0 Å². The van der Waals surface area contributed by atoms with Crippen LogP contribution in [-0.2, 0) is 10.0 Å². The molecule has 0 atom stereocenters. The van der Waals surface area contributed by atoms with E-state index in [2.05, 4.69) is 11.8 Å². The van der Waals surface area contributed by atoms with Crippen LogP contribution in [0.3, 0.4) is 0 Å². The number of hydrogen-bond donors (Lipinski definition) is 1. The highest BCUT2D eigenvalue weighted by molar-refractivity contribution is 7.89. The van der Waals surface area contributed by atoms with E-state index in [0.29, 0.717) is 18.7 Å². The Hall–Kier alpha value is -1.35. The summed E-state index contributed by atoms with van der Waals surface area (Å²) in [4.78, 5) is 0.208. The van der Waals surface area contributed by atoms with Gasteiger partial charge in [-0.3, -0.25) is 0 Å². The van der Waals surface area contributed by atoms with E-state index in [0.717, 1.165) is 12.0 Å². The van der Waals surface area contributed by atoms with Crippen molar-refractivity contribution in [1.82, 2.24) is 4.31 Å². The van der Waals surface area contributed by atoms with Crippen molar-refractivity contribution in [3.05, 3.63) is 29.3 Å². The lowest BCUT2D eigenvalue weighted by Crippen LogP contribution is -2.32. The number of benzene rings is 1. The van der Waals surface area contributed by atoms with Crippen molar-refractivity contribution in [2.45, 2.75) is 32.1 Å². The zero-order chi connectivity index (χ0) is 15.2. The highest BCUT2D eigenvalue weighted by Gasteiger charge is 2.24. The first kappa shape index (κ1) is 16.7. The van der Waals surface area contributed by atoms with Crippen molar-refractivity contribution in [1.29, 1.82) is 0 Å². The summed E-state index contributed by atoms with van der Waals surface area (Å²) >= 11 is 0. The fraction of sp³-hybridized carbons (Fsp3) is 0.467. The Morgan fingerprint density at radius 3 is 2.55 bits per heavy atom. The number of rotatable bonds is 5. The van der Waals surface area contributed by atoms with Crippen molar-refractivity contribution in [2.24, 2.45) is 0 Å². The number of aliphatic hydroxyl groups is 1. The average molecular weight is 295 g/mol. The first-order chi connectivity index (χ1) is 9.47. The van der Waals surface area contributed by atoms with Gasteiger partial charge >= 0.3 is 0 Å². The average Bonchev–Trinajstić information content (AvgIpc) is 2.42. The third kappa shape index (κ3) is 3.83. The molecule has 0 spiro atoms. The lowest BCUT2D eigenvalue weighted by Gasteiger charge is -2.20. The van der Waals surface area contributed by atoms with Crippen LogP contribution in [-0.4, -0.2) is 37.5 Å². The molecule has 0 aromatic heterocycles. The number of nitrogens with zero attached hydrogens (tertiary/aromatic N) is 1. The molecule has 1 aromatic carbocycles. The maximum Gasteiger partial charge on any atom is 0.244 e. The summed E-state index contributed by atoms with van der Waals surface area (Å²) in [5, 5.41) is 8.80. The molecule has 0 bridgehead atoms. The van der Waals surface area contributed by atoms with Crippen LogP contribution in [0.15, 0.2) is 23.1 Å². The van der Waals surface area contributed by atoms with E-state index in [4.69, 9.17) is 5.11 Å². The zero-order valence-corrected chi connectivity index (χ0v) is 13.0. The van der Waals surface area contributed by atoms with Gasteiger partial charge in [-0.05, 0) is 31.0 Å². The Morgan fingerprint density at radius 1 is 1.30 bits per heavy atom. The summed E-state index contributed by atoms with van der Waals surface area (Å²) in [5.74, 6) is 5.24. The second-order valence-corrected chi connectivity index (χ2v) is 6.36. The Labute approximate surface area is 121 Å². The Balaban J connectivity index is 3.37. The number of hydrogen-bond acceptors (Lipinski definition) is 3. The van der Waals surface area contributed by atoms with E-state index in [9.17, 15) is 8.42 Å². The predicted molar refractivity (Wildman–Crippen MR) is 79.9 cm³/mol. The summed E-state index contributed by atoms with van der Waals surface area (Å²) in [5.41, 5.74) is 1.37. The van der Waals surface area contributed by atoms with Crippen LogP contribution < -0.4 is 0 Å². The fourth-order valence-electron chi connectivity index (χ4n) is 1.94. The summed E-state index contributed by atoms with van der Waals surface area (Å²) in [6.07, 6.45) is 0.760. The first-order valence-electron chi connectivity index (χ1n) is 6.67. The lowest BCUT2D eigenvalue weighted by atomic mass is 10.1. The van der Waals surface area contributed by atoms with Crippen LogP contribution >= 0.6 is 0 Å². The van der Waals surface area contributed by atoms with E-state index >= 15 is 0 Å². The minimum Gasteiger partial charge on any atom is -0.384 e. The molecule has 4 nitrogen and oxygen atoms in total. The van der Waals surface area contributed by atoms with Crippen molar-refractivity contribution >= 4 is 10.0 Å². The molecule has 0 aliphatic rings. The monoisotopic (exact) mass is 295 g/mol. The molecule has 1 aromatic rings. The van der Waals surface area contributed by atoms with Gasteiger partial charge < -0.3 is 5.11 Å². The van der Waals surface area contributed by atoms with Crippen LogP contribution in [0.2, 0.25) is 0 Å². The third-order valence-electron chi connectivity index (χ3n) is 2.88. The van der Waals surface area contributed by atoms with E-state index in [1.54, 1.807) is 18.2 Å². The lowest BCUT2D eigenvalue weighted by molar-refractivity contribution is 0.350. The maximum absolute atomic E-state index is 12.6. The molecule has 1 N–H and O–H groups in total. The van der Waals surface area contributed by atoms with E-state index < -0.39 is 10.0 Å². The quantitative estimate of drug-likeness (QED) is 0.842. The van der Waals surface area contributed by atoms with Gasteiger partial charge in [0, 0.05) is 18.7 Å². The van der Waals surface area contributed by atoms with E-state index in [1.807, 2.05) is 20.8 Å². The Kier molecular flexibility index (Phi) is 6.21. The zero-order valence-electron chi connectivity index (χ0n) is 12.2. The highest BCUT2D eigenvalue weighted by Crippen LogP contribution is 2.21. The SMILES string of the molecule is CCCN(CC)S(=O)(=O)c1ccc(C)cc1C#CCO. The normalized spacial score (nSPS) is 11.2. The first-order valence-corrected chi connectivity index (χ1v) is 8.11. The minimum absolute atomic E-state index is 0.208. The number of aryl methyl sites for hydroxylation is 1. The van der Waals surface area contributed by atoms with Crippen LogP contribution in [0.4, 0.5) is 0 Å². The summed E-state index contributed by atoms with van der Waals surface area (Å²) < 4.78 is 26.7. The molecule has 0 unspecified atom stereocenters. The van der Waals surface area contributed by atoms with Crippen molar-refractivity contribution < 1.29 is 13.5 Å². The van der Waals surface area contributed by atoms with E-state index in [1.165, 1.54) is 4.31 Å². The van der Waals surface area contributed by atoms with Crippen LogP contribution in [0.1, 0.15) is 31.4 Å². The molecular formula is C15H21NO3S. The molecule has 0 aliphatic heterocycles. The second-order valence-electron chi connectivity index (χ2n) is 4.46. The summed E-state index contributed by atoms with van der Waals surface area (Å²) in [7, 11) is -3.54. The smallest absolute Gasteiger partial charge is 0.244 e. The van der Waals surface area contributed by atoms with Crippen LogP contribution in [0, 0.1) is 18.8 Å². The van der Waals surface area contributed by atoms with Crippen molar-refractivity contribution in [3.63, 3.8) is 0 Å². The van der Waals surface area contributed by atoms with Gasteiger partial charge in [0.15, 0.2) is 0 Å². The molecule has 20 heavy (non-hydrogen) atoms. The maximum atomic E-state index is 12.6. The van der Waals surface area contributed by atoms with Gasteiger partial charge in [0.05, 0.1) is 4.90 Å². The van der Waals surface area contributed by atoms with Crippen LogP contribution in [0.5, 0.6) is 0 Å². The topological polar surface area (TPSA) is 57.6 Å². The molecule has 0 heterocycles. The second kappa shape index (κ2) is 7.44. The molecule has 1 rings (SSSR count). The summed E-state index contributed by atoms with van der Waals surface area (Å²) in [6.45, 7) is 6.26. The van der Waals surface area contributed by atoms with Gasteiger partial charge in [0.1, 0.15) is 6.61 Å². The molecule has 0 radical (unpaired) electrons. The van der Waals surface area contributed by atoms with Gasteiger partial charge in [-0.15, -0.1) is 0 Å². The molecule has 110 valence electrons. The largest absolute Gasteiger partial charge is 0.384 e. The van der Waals surface area contributed by atoms with E-state index in [-0.39, 0.29) is 11.5 Å². The number of aliphatic hydroxyl groups excluding tert-OH is 1. The van der Waals surface area contributed by atoms with Gasteiger partial charge in [0.25, 0.3) is 0 Å². The summed E-state index contributed by atoms with van der Waals surface area (Å²) in [6, 6.07) is 5.08. The standard InChI is InChI=1S/C15H21NO3S/c1-4-10-16(5-2)20(18,19)15-9-8-13(3)12-14(15)7-6-11-17/h8-9,12,17H,4-5,10-11H2,1-3H3. The molecule has 0 saturated carbocycles. The predicted octanol–water partition coefficient (Wildman–Crippen LogP) is 1.76. The van der Waals surface area contributed by atoms with Crippen molar-refractivity contribution in [2.75, 3.05) is 19.7 Å². The minimum atomic E-state index is -3.54. The molecule has 5 heteroatoms. The van der Waals surface area contributed by atoms with Crippen molar-refractivity contribution in [3.8, 4) is 11.8 Å². The van der Waals surface area contributed by atoms with Gasteiger partial charge in [0.2, 0.25) is 10.0 Å². The van der Waals surface area contributed by atoms with Gasteiger partial charge in [-0.1, -0.05) is 31.8 Å². The Morgan fingerprint density at radius 2 is 2.00 bits per heavy atom.